The molecule has 1 rings (SSSR count). The van der Waals surface area contributed by atoms with Crippen molar-refractivity contribution in [3.05, 3.63) is 34.1 Å². The van der Waals surface area contributed by atoms with Crippen molar-refractivity contribution in [2.75, 3.05) is 23.9 Å². The summed E-state index contributed by atoms with van der Waals surface area (Å²) in [6.07, 6.45) is 1.86. The number of halogens is 1. The van der Waals surface area contributed by atoms with Crippen LogP contribution in [-0.4, -0.2) is 34.2 Å². The minimum absolute atomic E-state index is 0.189. The van der Waals surface area contributed by atoms with Gasteiger partial charge in [-0.3, -0.25) is 10.1 Å². The smallest absolute Gasteiger partial charge is 0.274 e. The summed E-state index contributed by atoms with van der Waals surface area (Å²) in [5.41, 5.74) is -0.995. The molecule has 0 aliphatic rings. The van der Waals surface area contributed by atoms with Crippen LogP contribution in [0.2, 0.25) is 0 Å². The Hall–Kier alpha value is -1.34. The van der Waals surface area contributed by atoms with E-state index >= 15 is 0 Å². The maximum absolute atomic E-state index is 13.1. The summed E-state index contributed by atoms with van der Waals surface area (Å²) >= 11 is 1.48. The monoisotopic (exact) mass is 274 g/mol. The molecule has 5 nitrogen and oxygen atoms in total. The maximum atomic E-state index is 13.1. The normalized spacial score (nSPS) is 14.0. The van der Waals surface area contributed by atoms with Gasteiger partial charge in [-0.1, -0.05) is 0 Å². The zero-order chi connectivity index (χ0) is 13.8. The van der Waals surface area contributed by atoms with Gasteiger partial charge in [0.25, 0.3) is 5.69 Å². The predicted molar refractivity (Wildman–Crippen MR) is 70.5 cm³/mol. The lowest BCUT2D eigenvalue weighted by atomic mass is 10.1. The van der Waals surface area contributed by atoms with E-state index in [9.17, 15) is 19.6 Å². The molecule has 0 aromatic heterocycles. The molecule has 0 spiro atoms. The van der Waals surface area contributed by atoms with Crippen molar-refractivity contribution in [2.24, 2.45) is 0 Å². The van der Waals surface area contributed by atoms with E-state index in [1.54, 1.807) is 6.92 Å². The Balaban J connectivity index is 2.76. The number of hydrogen-bond donors (Lipinski definition) is 2. The van der Waals surface area contributed by atoms with Crippen LogP contribution in [0.1, 0.15) is 6.92 Å². The summed E-state index contributed by atoms with van der Waals surface area (Å²) in [7, 11) is 0. The van der Waals surface area contributed by atoms with Crippen molar-refractivity contribution in [3.8, 4) is 0 Å². The van der Waals surface area contributed by atoms with Crippen molar-refractivity contribution in [1.29, 1.82) is 0 Å². The molecule has 7 heteroatoms. The van der Waals surface area contributed by atoms with E-state index in [2.05, 4.69) is 5.32 Å². The molecule has 0 aliphatic carbocycles. The van der Waals surface area contributed by atoms with Gasteiger partial charge in [-0.2, -0.15) is 11.8 Å². The zero-order valence-electron chi connectivity index (χ0n) is 10.1. The van der Waals surface area contributed by atoms with Crippen molar-refractivity contribution in [3.63, 3.8) is 0 Å². The first-order valence-corrected chi connectivity index (χ1v) is 6.63. The van der Waals surface area contributed by atoms with Crippen molar-refractivity contribution < 1.29 is 14.4 Å². The summed E-state index contributed by atoms with van der Waals surface area (Å²) < 4.78 is 13.1. The molecule has 0 radical (unpaired) electrons. The highest BCUT2D eigenvalue weighted by atomic mass is 32.2. The Morgan fingerprint density at radius 1 is 1.56 bits per heavy atom. The van der Waals surface area contributed by atoms with Crippen LogP contribution in [-0.2, 0) is 0 Å². The molecule has 0 heterocycles. The molecule has 0 aliphatic heterocycles. The van der Waals surface area contributed by atoms with Gasteiger partial charge in [0.15, 0.2) is 0 Å². The van der Waals surface area contributed by atoms with Gasteiger partial charge in [0.05, 0.1) is 16.6 Å². The summed E-state index contributed by atoms with van der Waals surface area (Å²) in [5, 5.41) is 23.3. The minimum Gasteiger partial charge on any atom is -0.387 e. The second kappa shape index (κ2) is 6.01. The summed E-state index contributed by atoms with van der Waals surface area (Å²) in [6, 6.07) is 3.24. The van der Waals surface area contributed by atoms with E-state index in [-0.39, 0.29) is 17.9 Å². The van der Waals surface area contributed by atoms with Gasteiger partial charge in [-0.05, 0) is 19.2 Å². The number of nitro benzene ring substituents is 1. The van der Waals surface area contributed by atoms with Crippen LogP contribution in [0.25, 0.3) is 0 Å². The minimum atomic E-state index is -0.958. The number of non-ortho nitro benzene ring substituents is 1. The lowest BCUT2D eigenvalue weighted by Gasteiger charge is -2.23. The number of anilines is 1. The number of nitrogens with zero attached hydrogens (tertiary/aromatic N) is 1. The lowest BCUT2D eigenvalue weighted by molar-refractivity contribution is -0.385. The summed E-state index contributed by atoms with van der Waals surface area (Å²) in [6.45, 7) is 1.83. The van der Waals surface area contributed by atoms with Crippen molar-refractivity contribution in [2.45, 2.75) is 12.5 Å². The highest BCUT2D eigenvalue weighted by Gasteiger charge is 2.19. The van der Waals surface area contributed by atoms with E-state index < -0.39 is 16.3 Å². The fourth-order valence-corrected chi connectivity index (χ4v) is 2.16. The van der Waals surface area contributed by atoms with Crippen LogP contribution in [0.15, 0.2) is 18.2 Å². The number of nitrogens with one attached hydrogen (secondary N) is 1. The van der Waals surface area contributed by atoms with Gasteiger partial charge in [0, 0.05) is 24.1 Å². The molecule has 1 aromatic rings. The van der Waals surface area contributed by atoms with Crippen LogP contribution in [0.4, 0.5) is 15.8 Å². The second-order valence-electron chi connectivity index (χ2n) is 4.24. The fourth-order valence-electron chi connectivity index (χ4n) is 1.44. The molecule has 1 unspecified atom stereocenters. The van der Waals surface area contributed by atoms with E-state index in [1.807, 2.05) is 6.26 Å². The number of aliphatic hydroxyl groups is 1. The van der Waals surface area contributed by atoms with E-state index in [0.717, 1.165) is 12.1 Å². The van der Waals surface area contributed by atoms with Crippen LogP contribution >= 0.6 is 11.8 Å². The van der Waals surface area contributed by atoms with Crippen LogP contribution in [0.5, 0.6) is 0 Å². The van der Waals surface area contributed by atoms with Crippen molar-refractivity contribution in [1.82, 2.24) is 0 Å². The van der Waals surface area contributed by atoms with E-state index in [4.69, 9.17) is 0 Å². The van der Waals surface area contributed by atoms with Gasteiger partial charge in [0.2, 0.25) is 0 Å². The molecule has 0 saturated heterocycles. The molecule has 1 aromatic carbocycles. The van der Waals surface area contributed by atoms with Crippen molar-refractivity contribution >= 4 is 23.1 Å². The number of hydrogen-bond acceptors (Lipinski definition) is 5. The highest BCUT2D eigenvalue weighted by Crippen LogP contribution is 2.21. The third-order valence-electron chi connectivity index (χ3n) is 2.22. The lowest BCUT2D eigenvalue weighted by Crippen LogP contribution is -2.36. The molecular formula is C11H15FN2O3S. The largest absolute Gasteiger partial charge is 0.387 e. The highest BCUT2D eigenvalue weighted by molar-refractivity contribution is 7.98. The third kappa shape index (κ3) is 4.50. The third-order valence-corrected chi connectivity index (χ3v) is 3.13. The van der Waals surface area contributed by atoms with Gasteiger partial charge in [-0.15, -0.1) is 0 Å². The molecule has 0 bridgehead atoms. The van der Waals surface area contributed by atoms with E-state index in [1.165, 1.54) is 17.8 Å². The number of thioether (sulfide) groups is 1. The van der Waals surface area contributed by atoms with Gasteiger partial charge in [0.1, 0.15) is 5.82 Å². The molecule has 100 valence electrons. The first-order chi connectivity index (χ1) is 8.34. The molecule has 0 fully saturated rings. The van der Waals surface area contributed by atoms with Gasteiger partial charge < -0.3 is 10.4 Å². The second-order valence-corrected chi connectivity index (χ2v) is 5.10. The van der Waals surface area contributed by atoms with Crippen LogP contribution in [0.3, 0.4) is 0 Å². The average molecular weight is 274 g/mol. The number of nitro groups is 1. The number of benzene rings is 1. The quantitative estimate of drug-likeness (QED) is 0.614. The molecule has 2 N–H and O–H groups in total. The first-order valence-electron chi connectivity index (χ1n) is 5.24. The molecule has 0 saturated carbocycles. The molecular weight excluding hydrogens is 259 g/mol. The molecule has 0 amide bonds. The Morgan fingerprint density at radius 3 is 2.78 bits per heavy atom. The summed E-state index contributed by atoms with van der Waals surface area (Å²) in [5.74, 6) is -0.173. The zero-order valence-corrected chi connectivity index (χ0v) is 11.0. The van der Waals surface area contributed by atoms with Gasteiger partial charge >= 0.3 is 0 Å². The van der Waals surface area contributed by atoms with Crippen LogP contribution in [0, 0.1) is 15.9 Å². The SMILES string of the molecule is CSCC(C)(O)CNc1cc(F)cc([N+](=O)[O-])c1. The Morgan fingerprint density at radius 2 is 2.22 bits per heavy atom. The molecule has 1 atom stereocenters. The maximum Gasteiger partial charge on any atom is 0.274 e. The standard InChI is InChI=1S/C11H15FN2O3S/c1-11(15,7-18-2)6-13-9-3-8(12)4-10(5-9)14(16)17/h3-5,13,15H,6-7H2,1-2H3. The fraction of sp³-hybridized carbons (Fsp3) is 0.455. The number of rotatable bonds is 6. The Kier molecular flexibility index (Phi) is 4.92. The van der Waals surface area contributed by atoms with Gasteiger partial charge in [-0.25, -0.2) is 4.39 Å². The average Bonchev–Trinajstić information content (AvgIpc) is 2.26. The Labute approximate surface area is 109 Å². The first kappa shape index (κ1) is 14.7. The van der Waals surface area contributed by atoms with Crippen LogP contribution < -0.4 is 5.32 Å². The van der Waals surface area contributed by atoms with E-state index in [0.29, 0.717) is 5.75 Å². The topological polar surface area (TPSA) is 75.4 Å². The predicted octanol–water partition coefficient (Wildman–Crippen LogP) is 2.26. The summed E-state index contributed by atoms with van der Waals surface area (Å²) in [4.78, 5) is 9.91. The molecule has 18 heavy (non-hydrogen) atoms. The Bertz CT molecular complexity index is 440.